The summed E-state index contributed by atoms with van der Waals surface area (Å²) < 4.78 is 9.77. The van der Waals surface area contributed by atoms with E-state index in [-0.39, 0.29) is 11.1 Å². The van der Waals surface area contributed by atoms with Gasteiger partial charge in [0, 0.05) is 6.54 Å². The van der Waals surface area contributed by atoms with Gasteiger partial charge >= 0.3 is 0 Å². The molecule has 0 N–H and O–H groups in total. The molecule has 0 radical (unpaired) electrons. The zero-order valence-corrected chi connectivity index (χ0v) is 13.5. The summed E-state index contributed by atoms with van der Waals surface area (Å²) in [6, 6.07) is 5.59. The van der Waals surface area contributed by atoms with Crippen molar-refractivity contribution in [3.63, 3.8) is 0 Å². The van der Waals surface area contributed by atoms with Crippen molar-refractivity contribution in [3.8, 4) is 11.5 Å². The molecule has 2 rings (SSSR count). The number of imide groups is 1. The van der Waals surface area contributed by atoms with Crippen molar-refractivity contribution in [1.29, 1.82) is 0 Å². The van der Waals surface area contributed by atoms with Gasteiger partial charge in [-0.1, -0.05) is 6.07 Å². The Kier molecular flexibility index (Phi) is 4.46. The highest BCUT2D eigenvalue weighted by molar-refractivity contribution is 8.16. The van der Waals surface area contributed by atoms with E-state index < -0.39 is 4.75 Å². The summed E-state index contributed by atoms with van der Waals surface area (Å²) in [5, 5.41) is -0.175. The highest BCUT2D eigenvalue weighted by Crippen LogP contribution is 2.36. The fourth-order valence-electron chi connectivity index (χ4n) is 2.19. The van der Waals surface area contributed by atoms with Gasteiger partial charge in [-0.05, 0) is 49.7 Å². The van der Waals surface area contributed by atoms with Crippen molar-refractivity contribution in [2.45, 2.75) is 25.0 Å². The third-order valence-corrected chi connectivity index (χ3v) is 4.48. The van der Waals surface area contributed by atoms with Crippen molar-refractivity contribution in [2.75, 3.05) is 20.8 Å². The van der Waals surface area contributed by atoms with Crippen LogP contribution in [0.25, 0.3) is 0 Å². The van der Waals surface area contributed by atoms with Gasteiger partial charge in [-0.2, -0.15) is 0 Å². The van der Waals surface area contributed by atoms with E-state index in [1.807, 2.05) is 18.2 Å². The van der Waals surface area contributed by atoms with E-state index in [0.29, 0.717) is 24.5 Å². The molecule has 0 bridgehead atoms. The van der Waals surface area contributed by atoms with Crippen LogP contribution in [-0.4, -0.2) is 41.6 Å². The lowest BCUT2D eigenvalue weighted by Gasteiger charge is -2.16. The fourth-order valence-corrected chi connectivity index (χ4v) is 3.11. The molecule has 0 saturated carbocycles. The number of amides is 2. The molecule has 1 heterocycles. The predicted molar refractivity (Wildman–Crippen MR) is 82.0 cm³/mol. The maximum absolute atomic E-state index is 12.1. The maximum atomic E-state index is 12.1. The average molecular weight is 309 g/mol. The number of nitrogens with zero attached hydrogens (tertiary/aromatic N) is 1. The molecule has 1 aliphatic rings. The minimum absolute atomic E-state index is 0.127. The highest BCUT2D eigenvalue weighted by Gasteiger charge is 2.45. The Morgan fingerprint density at radius 1 is 1.14 bits per heavy atom. The lowest BCUT2D eigenvalue weighted by Crippen LogP contribution is -2.36. The number of hydrogen-bond donors (Lipinski definition) is 0. The molecule has 1 saturated heterocycles. The minimum Gasteiger partial charge on any atom is -0.493 e. The number of ether oxygens (including phenoxy) is 2. The van der Waals surface area contributed by atoms with Crippen molar-refractivity contribution in [2.24, 2.45) is 0 Å². The third kappa shape index (κ3) is 3.15. The summed E-state index contributed by atoms with van der Waals surface area (Å²) in [4.78, 5) is 25.3. The van der Waals surface area contributed by atoms with Crippen LogP contribution in [0, 0.1) is 0 Å². The van der Waals surface area contributed by atoms with Gasteiger partial charge in [-0.15, -0.1) is 0 Å². The molecule has 0 unspecified atom stereocenters. The Hall–Kier alpha value is -1.69. The van der Waals surface area contributed by atoms with E-state index in [1.165, 1.54) is 4.90 Å². The van der Waals surface area contributed by atoms with Gasteiger partial charge in [-0.3, -0.25) is 14.5 Å². The highest BCUT2D eigenvalue weighted by atomic mass is 32.2. The van der Waals surface area contributed by atoms with Crippen molar-refractivity contribution in [3.05, 3.63) is 23.8 Å². The molecule has 21 heavy (non-hydrogen) atoms. The molecule has 114 valence electrons. The topological polar surface area (TPSA) is 55.8 Å². The minimum atomic E-state index is -0.658. The Bertz CT molecular complexity index is 571. The molecule has 0 aromatic heterocycles. The molecule has 1 aromatic carbocycles. The standard InChI is InChI=1S/C15H19NO4S/c1-15(2)13(17)16(14(18)21-15)8-7-10-5-6-11(19-3)12(9-10)20-4/h5-6,9H,7-8H2,1-4H3. The number of methoxy groups -OCH3 is 2. The zero-order valence-electron chi connectivity index (χ0n) is 12.6. The number of rotatable bonds is 5. The van der Waals surface area contributed by atoms with Gasteiger partial charge in [0.1, 0.15) is 0 Å². The number of hydrogen-bond acceptors (Lipinski definition) is 5. The van der Waals surface area contributed by atoms with Crippen LogP contribution in [0.3, 0.4) is 0 Å². The first-order valence-corrected chi connectivity index (χ1v) is 7.46. The molecule has 6 heteroatoms. The second kappa shape index (κ2) is 5.97. The van der Waals surface area contributed by atoms with Crippen LogP contribution in [0.1, 0.15) is 19.4 Å². The van der Waals surface area contributed by atoms with Crippen LogP contribution < -0.4 is 9.47 Å². The second-order valence-electron chi connectivity index (χ2n) is 5.27. The van der Waals surface area contributed by atoms with E-state index >= 15 is 0 Å². The van der Waals surface area contributed by atoms with E-state index in [0.717, 1.165) is 17.3 Å². The number of carbonyl (C=O) groups is 2. The molecular weight excluding hydrogens is 290 g/mol. The Morgan fingerprint density at radius 3 is 2.33 bits per heavy atom. The van der Waals surface area contributed by atoms with Crippen LogP contribution in [-0.2, 0) is 11.2 Å². The summed E-state index contributed by atoms with van der Waals surface area (Å²) in [6.45, 7) is 3.92. The molecule has 0 atom stereocenters. The lowest BCUT2D eigenvalue weighted by molar-refractivity contribution is -0.128. The first-order chi connectivity index (χ1) is 9.89. The lowest BCUT2D eigenvalue weighted by atomic mass is 10.1. The van der Waals surface area contributed by atoms with Gasteiger partial charge < -0.3 is 9.47 Å². The number of carbonyl (C=O) groups excluding carboxylic acids is 2. The molecular formula is C15H19NO4S. The quantitative estimate of drug-likeness (QED) is 0.837. The Labute approximate surface area is 128 Å². The molecule has 0 spiro atoms. The fraction of sp³-hybridized carbons (Fsp3) is 0.467. The largest absolute Gasteiger partial charge is 0.493 e. The SMILES string of the molecule is COc1ccc(CCN2C(=O)SC(C)(C)C2=O)cc1OC. The van der Waals surface area contributed by atoms with Gasteiger partial charge in [0.25, 0.3) is 5.24 Å². The van der Waals surface area contributed by atoms with Gasteiger partial charge in [0.05, 0.1) is 19.0 Å². The van der Waals surface area contributed by atoms with Gasteiger partial charge in [0.2, 0.25) is 5.91 Å². The molecule has 1 aromatic rings. The van der Waals surface area contributed by atoms with Crippen LogP contribution in [0.5, 0.6) is 11.5 Å². The van der Waals surface area contributed by atoms with Crippen LogP contribution >= 0.6 is 11.8 Å². The summed E-state index contributed by atoms with van der Waals surface area (Å²) in [6.07, 6.45) is 0.592. The van der Waals surface area contributed by atoms with Crippen LogP contribution in [0.15, 0.2) is 18.2 Å². The molecule has 5 nitrogen and oxygen atoms in total. The van der Waals surface area contributed by atoms with E-state index in [9.17, 15) is 9.59 Å². The number of benzene rings is 1. The van der Waals surface area contributed by atoms with E-state index in [1.54, 1.807) is 28.1 Å². The van der Waals surface area contributed by atoms with Gasteiger partial charge in [0.15, 0.2) is 11.5 Å². The summed E-state index contributed by atoms with van der Waals surface area (Å²) >= 11 is 1.08. The van der Waals surface area contributed by atoms with E-state index in [2.05, 4.69) is 0 Å². The van der Waals surface area contributed by atoms with Crippen molar-refractivity contribution in [1.82, 2.24) is 4.90 Å². The van der Waals surface area contributed by atoms with Crippen LogP contribution in [0.2, 0.25) is 0 Å². The normalized spacial score (nSPS) is 17.2. The molecule has 1 aliphatic heterocycles. The molecule has 0 aliphatic carbocycles. The average Bonchev–Trinajstić information content (AvgIpc) is 2.65. The summed E-state index contributed by atoms with van der Waals surface area (Å²) in [5.74, 6) is 1.17. The third-order valence-electron chi connectivity index (χ3n) is 3.40. The Balaban J connectivity index is 2.07. The van der Waals surface area contributed by atoms with Crippen molar-refractivity contribution < 1.29 is 19.1 Å². The monoisotopic (exact) mass is 309 g/mol. The second-order valence-corrected chi connectivity index (χ2v) is 6.85. The smallest absolute Gasteiger partial charge is 0.289 e. The first-order valence-electron chi connectivity index (χ1n) is 6.65. The summed E-state index contributed by atoms with van der Waals surface area (Å²) in [5.41, 5.74) is 0.989. The Morgan fingerprint density at radius 2 is 1.81 bits per heavy atom. The first kappa shape index (κ1) is 15.7. The predicted octanol–water partition coefficient (Wildman–Crippen LogP) is 2.72. The van der Waals surface area contributed by atoms with Crippen LogP contribution in [0.4, 0.5) is 4.79 Å². The maximum Gasteiger partial charge on any atom is 0.289 e. The molecule has 1 fully saturated rings. The van der Waals surface area contributed by atoms with E-state index in [4.69, 9.17) is 9.47 Å². The van der Waals surface area contributed by atoms with Crippen molar-refractivity contribution >= 4 is 22.9 Å². The number of thioether (sulfide) groups is 1. The van der Waals surface area contributed by atoms with Gasteiger partial charge in [-0.25, -0.2) is 0 Å². The molecule has 2 amide bonds. The zero-order chi connectivity index (χ0) is 15.6. The summed E-state index contributed by atoms with van der Waals surface area (Å²) in [7, 11) is 3.16.